The summed E-state index contributed by atoms with van der Waals surface area (Å²) in [6.45, 7) is 1.95. The van der Waals surface area contributed by atoms with E-state index in [0.717, 1.165) is 5.56 Å². The van der Waals surface area contributed by atoms with Crippen molar-refractivity contribution >= 4 is 11.9 Å². The number of ether oxygens (including phenoxy) is 1. The van der Waals surface area contributed by atoms with Crippen molar-refractivity contribution in [2.45, 2.75) is 25.3 Å². The van der Waals surface area contributed by atoms with Crippen LogP contribution in [0, 0.1) is 6.92 Å². The number of nitrogens with zero attached hydrogens (tertiary/aromatic N) is 2. The molecule has 1 saturated heterocycles. The first-order valence-corrected chi connectivity index (χ1v) is 8.07. The summed E-state index contributed by atoms with van der Waals surface area (Å²) in [6.07, 6.45) is 0.958. The predicted octanol–water partition coefficient (Wildman–Crippen LogP) is 2.36. The summed E-state index contributed by atoms with van der Waals surface area (Å²) in [5.41, 5.74) is 0.111. The Bertz CT molecular complexity index is 786. The van der Waals surface area contributed by atoms with E-state index in [-0.39, 0.29) is 6.61 Å². The molecule has 7 nitrogen and oxygen atoms in total. The molecule has 1 aromatic carbocycles. The summed E-state index contributed by atoms with van der Waals surface area (Å²) in [5.74, 6) is -1.09. The van der Waals surface area contributed by atoms with Gasteiger partial charge in [0.25, 0.3) is 5.91 Å². The van der Waals surface area contributed by atoms with Gasteiger partial charge in [-0.2, -0.15) is 0 Å². The zero-order valence-corrected chi connectivity index (χ0v) is 14.2. The molecule has 25 heavy (non-hydrogen) atoms. The number of aliphatic carboxylic acids is 1. The van der Waals surface area contributed by atoms with Crippen LogP contribution in [0.4, 0.5) is 0 Å². The highest BCUT2D eigenvalue weighted by Gasteiger charge is 2.51. The summed E-state index contributed by atoms with van der Waals surface area (Å²) >= 11 is 0. The molecule has 3 rings (SSSR count). The average molecular weight is 344 g/mol. The Kier molecular flexibility index (Phi) is 4.59. The highest BCUT2D eigenvalue weighted by Crippen LogP contribution is 2.34. The molecule has 1 aliphatic heterocycles. The molecule has 1 unspecified atom stereocenters. The van der Waals surface area contributed by atoms with Gasteiger partial charge in [-0.15, -0.1) is 0 Å². The van der Waals surface area contributed by atoms with Gasteiger partial charge >= 0.3 is 5.97 Å². The molecule has 0 aliphatic carbocycles. The maximum absolute atomic E-state index is 13.2. The number of amides is 1. The van der Waals surface area contributed by atoms with Crippen LogP contribution in [0.2, 0.25) is 0 Å². The largest absolute Gasteiger partial charge is 0.479 e. The van der Waals surface area contributed by atoms with Gasteiger partial charge in [0.05, 0.1) is 6.61 Å². The molecular weight excluding hydrogens is 324 g/mol. The first-order valence-electron chi connectivity index (χ1n) is 8.07. The third-order valence-corrected chi connectivity index (χ3v) is 4.64. The molecule has 7 heteroatoms. The lowest BCUT2D eigenvalue weighted by molar-refractivity contribution is -0.151. The van der Waals surface area contributed by atoms with Gasteiger partial charge in [-0.1, -0.05) is 35.5 Å². The van der Waals surface area contributed by atoms with Crippen molar-refractivity contribution in [2.24, 2.45) is 0 Å². The van der Waals surface area contributed by atoms with Crippen molar-refractivity contribution in [3.63, 3.8) is 0 Å². The fraction of sp³-hybridized carbons (Fsp3) is 0.389. The molecule has 0 spiro atoms. The Balaban J connectivity index is 2.04. The highest BCUT2D eigenvalue weighted by molar-refractivity contribution is 6.03. The van der Waals surface area contributed by atoms with Gasteiger partial charge in [-0.3, -0.25) is 4.79 Å². The second-order valence-electron chi connectivity index (χ2n) is 6.16. The zero-order valence-electron chi connectivity index (χ0n) is 14.2. The van der Waals surface area contributed by atoms with E-state index in [2.05, 4.69) is 5.16 Å². The van der Waals surface area contributed by atoms with E-state index in [1.165, 1.54) is 12.0 Å². The van der Waals surface area contributed by atoms with Crippen LogP contribution in [0.25, 0.3) is 11.3 Å². The zero-order chi connectivity index (χ0) is 18.0. The van der Waals surface area contributed by atoms with Gasteiger partial charge in [0, 0.05) is 19.2 Å². The van der Waals surface area contributed by atoms with Gasteiger partial charge in [0.1, 0.15) is 17.0 Å². The molecule has 2 heterocycles. The number of methoxy groups -OCH3 is 1. The number of carbonyl (C=O) groups excluding carboxylic acids is 1. The van der Waals surface area contributed by atoms with Crippen molar-refractivity contribution in [1.29, 1.82) is 0 Å². The fourth-order valence-electron chi connectivity index (χ4n) is 3.40. The lowest BCUT2D eigenvalue weighted by atomic mass is 9.96. The van der Waals surface area contributed by atoms with E-state index >= 15 is 0 Å². The normalized spacial score (nSPS) is 20.0. The Morgan fingerprint density at radius 3 is 2.72 bits per heavy atom. The number of carboxylic acid groups (broad SMARTS) is 1. The second-order valence-corrected chi connectivity index (χ2v) is 6.16. The lowest BCUT2D eigenvalue weighted by Gasteiger charge is -2.34. The maximum Gasteiger partial charge on any atom is 0.332 e. The molecule has 1 amide bonds. The summed E-state index contributed by atoms with van der Waals surface area (Å²) in [7, 11) is 1.44. The van der Waals surface area contributed by atoms with E-state index in [9.17, 15) is 14.7 Å². The number of aromatic nitrogens is 1. The molecule has 0 radical (unpaired) electrons. The Labute approximate surface area is 145 Å². The molecular formula is C18H20N2O5. The Morgan fingerprint density at radius 1 is 1.36 bits per heavy atom. The number of benzene rings is 1. The van der Waals surface area contributed by atoms with E-state index < -0.39 is 17.4 Å². The van der Waals surface area contributed by atoms with E-state index in [4.69, 9.17) is 9.26 Å². The first-order chi connectivity index (χ1) is 12.0. The van der Waals surface area contributed by atoms with Crippen molar-refractivity contribution in [3.8, 4) is 11.3 Å². The van der Waals surface area contributed by atoms with Gasteiger partial charge in [-0.25, -0.2) is 4.79 Å². The number of aryl methyl sites for hydroxylation is 1. The number of hydrogen-bond donors (Lipinski definition) is 1. The quantitative estimate of drug-likeness (QED) is 0.895. The van der Waals surface area contributed by atoms with Crippen LogP contribution < -0.4 is 0 Å². The lowest BCUT2D eigenvalue weighted by Crippen LogP contribution is -2.56. The molecule has 1 aliphatic rings. The van der Waals surface area contributed by atoms with Gasteiger partial charge in [-0.05, 0) is 19.8 Å². The minimum atomic E-state index is -1.36. The number of hydrogen-bond acceptors (Lipinski definition) is 5. The molecule has 1 atom stereocenters. The predicted molar refractivity (Wildman–Crippen MR) is 89.2 cm³/mol. The van der Waals surface area contributed by atoms with Crippen LogP contribution in [0.5, 0.6) is 0 Å². The van der Waals surface area contributed by atoms with Crippen LogP contribution in [0.3, 0.4) is 0 Å². The van der Waals surface area contributed by atoms with Crippen LogP contribution in [-0.2, 0) is 9.53 Å². The molecule has 1 N–H and O–H groups in total. The summed E-state index contributed by atoms with van der Waals surface area (Å²) in [6, 6.07) is 9.22. The second kappa shape index (κ2) is 6.68. The number of rotatable bonds is 5. The molecule has 132 valence electrons. The van der Waals surface area contributed by atoms with Crippen LogP contribution in [-0.4, -0.2) is 52.8 Å². The molecule has 2 aromatic rings. The third-order valence-electron chi connectivity index (χ3n) is 4.64. The van der Waals surface area contributed by atoms with Crippen LogP contribution >= 0.6 is 0 Å². The Hall–Kier alpha value is -2.67. The fourth-order valence-corrected chi connectivity index (χ4v) is 3.40. The van der Waals surface area contributed by atoms with E-state index in [1.54, 1.807) is 6.92 Å². The van der Waals surface area contributed by atoms with Gasteiger partial charge in [0.15, 0.2) is 5.54 Å². The number of carbonyl (C=O) groups is 2. The van der Waals surface area contributed by atoms with Crippen LogP contribution in [0.15, 0.2) is 34.9 Å². The van der Waals surface area contributed by atoms with Crippen molar-refractivity contribution < 1.29 is 24.0 Å². The number of carboxylic acids is 1. The monoisotopic (exact) mass is 344 g/mol. The first kappa shape index (κ1) is 17.2. The van der Waals surface area contributed by atoms with Gasteiger partial charge in [0.2, 0.25) is 0 Å². The minimum Gasteiger partial charge on any atom is -0.479 e. The molecule has 1 fully saturated rings. The summed E-state index contributed by atoms with van der Waals surface area (Å²) < 4.78 is 10.4. The maximum atomic E-state index is 13.2. The van der Waals surface area contributed by atoms with Gasteiger partial charge < -0.3 is 19.3 Å². The topological polar surface area (TPSA) is 92.9 Å². The average Bonchev–Trinajstić information content (AvgIpc) is 3.20. The van der Waals surface area contributed by atoms with E-state index in [0.29, 0.717) is 36.4 Å². The highest BCUT2D eigenvalue weighted by atomic mass is 16.5. The van der Waals surface area contributed by atoms with E-state index in [1.807, 2.05) is 30.3 Å². The summed E-state index contributed by atoms with van der Waals surface area (Å²) in [5, 5.41) is 13.8. The van der Waals surface area contributed by atoms with Crippen molar-refractivity contribution in [1.82, 2.24) is 10.1 Å². The minimum absolute atomic E-state index is 0.0565. The molecule has 1 aromatic heterocycles. The van der Waals surface area contributed by atoms with Crippen molar-refractivity contribution in [3.05, 3.63) is 41.7 Å². The summed E-state index contributed by atoms with van der Waals surface area (Å²) in [4.78, 5) is 26.5. The standard InChI is InChI=1S/C18H20N2O5/c1-12-14(15(19-25-12)13-7-4-3-5-8-13)16(21)20-10-6-9-18(20,11-24-2)17(22)23/h3-5,7-8H,6,9-11H2,1-2H3,(H,22,23). The Morgan fingerprint density at radius 2 is 2.08 bits per heavy atom. The molecule has 0 bridgehead atoms. The third kappa shape index (κ3) is 2.80. The molecule has 0 saturated carbocycles. The van der Waals surface area contributed by atoms with Crippen LogP contribution in [0.1, 0.15) is 29.0 Å². The SMILES string of the molecule is COCC1(C(=O)O)CCCN1C(=O)c1c(-c2ccccc2)noc1C. The van der Waals surface area contributed by atoms with Crippen molar-refractivity contribution in [2.75, 3.05) is 20.3 Å². The smallest absolute Gasteiger partial charge is 0.332 e. The number of likely N-dealkylation sites (tertiary alicyclic amines) is 1.